The van der Waals surface area contributed by atoms with Gasteiger partial charge in [-0.15, -0.1) is 0 Å². The summed E-state index contributed by atoms with van der Waals surface area (Å²) in [4.78, 5) is 44.7. The Morgan fingerprint density at radius 2 is 1.76 bits per heavy atom. The number of aromatic nitrogens is 2. The number of pyridine rings is 1. The summed E-state index contributed by atoms with van der Waals surface area (Å²) in [6.07, 6.45) is 5.10. The van der Waals surface area contributed by atoms with Crippen molar-refractivity contribution in [3.63, 3.8) is 0 Å². The molecule has 2 aromatic rings. The van der Waals surface area contributed by atoms with Crippen LogP contribution in [0, 0.1) is 25.7 Å². The molecule has 0 atom stereocenters. The number of carboxylic acid groups (broad SMARTS) is 1. The molecule has 0 radical (unpaired) electrons. The number of aryl methyl sites for hydroxylation is 2. The van der Waals surface area contributed by atoms with E-state index in [0.29, 0.717) is 78.2 Å². The fraction of sp³-hybridized carbons (Fsp3) is 0.560. The number of ether oxygens (including phenoxy) is 1. The number of hydrogen-bond acceptors (Lipinski definition) is 9. The number of Topliss-reactive ketones (excluding diaryl/α,β-unsaturated/α-hetero) is 1. The largest absolute Gasteiger partial charge is 0.475 e. The molecule has 3 heterocycles. The van der Waals surface area contributed by atoms with Crippen LogP contribution in [0.2, 0.25) is 0 Å². The Bertz CT molecular complexity index is 1310. The van der Waals surface area contributed by atoms with Crippen molar-refractivity contribution >= 4 is 44.2 Å². The van der Waals surface area contributed by atoms with Crippen LogP contribution in [0.5, 0.6) is 0 Å². The lowest BCUT2D eigenvalue weighted by atomic mass is 9.84. The van der Waals surface area contributed by atoms with Crippen LogP contribution < -0.4 is 10.0 Å². The summed E-state index contributed by atoms with van der Waals surface area (Å²) in [6.45, 7) is 4.75. The quantitative estimate of drug-likeness (QED) is 0.388. The summed E-state index contributed by atoms with van der Waals surface area (Å²) >= 11 is 1.27. The van der Waals surface area contributed by atoms with Gasteiger partial charge < -0.3 is 15.2 Å². The average Bonchev–Trinajstić information content (AvgIpc) is 3.24. The van der Waals surface area contributed by atoms with Gasteiger partial charge in [0.15, 0.2) is 5.13 Å². The second kappa shape index (κ2) is 12.0. The number of nitrogens with one attached hydrogen (secondary N) is 2. The molecule has 38 heavy (non-hydrogen) atoms. The van der Waals surface area contributed by atoms with Crippen molar-refractivity contribution in [2.75, 3.05) is 18.5 Å². The Morgan fingerprint density at radius 1 is 1.08 bits per heavy atom. The number of carbonyl (C=O) groups excluding carboxylic acids is 2. The van der Waals surface area contributed by atoms with E-state index in [2.05, 4.69) is 20.0 Å². The normalized spacial score (nSPS) is 20.7. The van der Waals surface area contributed by atoms with Crippen molar-refractivity contribution in [1.29, 1.82) is 0 Å². The van der Waals surface area contributed by atoms with Crippen LogP contribution in [0.25, 0.3) is 10.4 Å². The number of rotatable bonds is 9. The van der Waals surface area contributed by atoms with E-state index in [1.807, 2.05) is 0 Å². The van der Waals surface area contributed by atoms with Crippen LogP contribution in [0.15, 0.2) is 17.2 Å². The van der Waals surface area contributed by atoms with Crippen molar-refractivity contribution in [3.05, 3.63) is 23.7 Å². The molecule has 2 aromatic heterocycles. The predicted molar refractivity (Wildman–Crippen MR) is 140 cm³/mol. The van der Waals surface area contributed by atoms with E-state index in [9.17, 15) is 22.8 Å². The molecule has 1 saturated carbocycles. The van der Waals surface area contributed by atoms with Gasteiger partial charge in [0.2, 0.25) is 21.7 Å². The van der Waals surface area contributed by atoms with Gasteiger partial charge in [0, 0.05) is 43.4 Å². The first-order valence-corrected chi connectivity index (χ1v) is 14.9. The van der Waals surface area contributed by atoms with E-state index in [4.69, 9.17) is 9.84 Å². The highest BCUT2D eigenvalue weighted by Crippen LogP contribution is 2.35. The van der Waals surface area contributed by atoms with Gasteiger partial charge in [-0.25, -0.2) is 22.9 Å². The first-order chi connectivity index (χ1) is 18.0. The Hall–Kier alpha value is -2.74. The number of sulfonamides is 1. The number of ketones is 1. The smallest absolute Gasteiger partial charge is 0.372 e. The van der Waals surface area contributed by atoms with E-state index in [-0.39, 0.29) is 10.8 Å². The van der Waals surface area contributed by atoms with Crippen molar-refractivity contribution in [2.24, 2.45) is 11.8 Å². The molecule has 2 aliphatic rings. The summed E-state index contributed by atoms with van der Waals surface area (Å²) in [5.74, 6) is -2.67. The molecule has 11 nitrogen and oxygen atoms in total. The topological polar surface area (TPSA) is 165 Å². The minimum Gasteiger partial charge on any atom is -0.475 e. The minimum atomic E-state index is -3.93. The van der Waals surface area contributed by atoms with Crippen molar-refractivity contribution in [2.45, 2.75) is 69.7 Å². The van der Waals surface area contributed by atoms with E-state index in [1.165, 1.54) is 11.3 Å². The van der Waals surface area contributed by atoms with Crippen LogP contribution in [0.4, 0.5) is 5.13 Å². The maximum Gasteiger partial charge on any atom is 0.372 e. The third kappa shape index (κ3) is 6.82. The maximum atomic E-state index is 13.3. The van der Waals surface area contributed by atoms with Gasteiger partial charge in [0.1, 0.15) is 4.90 Å². The highest BCUT2D eigenvalue weighted by Gasteiger charge is 2.32. The molecule has 2 fully saturated rings. The molecule has 0 unspecified atom stereocenters. The predicted octanol–water partition coefficient (Wildman–Crippen LogP) is 3.07. The molecule has 3 N–H and O–H groups in total. The highest BCUT2D eigenvalue weighted by atomic mass is 32.2. The van der Waals surface area contributed by atoms with E-state index in [0.717, 1.165) is 12.8 Å². The second-order valence-corrected chi connectivity index (χ2v) is 12.6. The van der Waals surface area contributed by atoms with E-state index < -0.39 is 33.7 Å². The van der Waals surface area contributed by atoms with Crippen LogP contribution in [0.1, 0.15) is 56.3 Å². The third-order valence-corrected chi connectivity index (χ3v) is 9.84. The summed E-state index contributed by atoms with van der Waals surface area (Å²) in [6, 6.07) is 1.15. The van der Waals surface area contributed by atoms with Crippen molar-refractivity contribution in [1.82, 2.24) is 14.7 Å². The van der Waals surface area contributed by atoms with Gasteiger partial charge in [-0.3, -0.25) is 14.6 Å². The molecule has 1 saturated heterocycles. The van der Waals surface area contributed by atoms with Crippen LogP contribution in [-0.2, 0) is 29.1 Å². The van der Waals surface area contributed by atoms with Gasteiger partial charge in [0.25, 0.3) is 0 Å². The molecule has 4 rings (SSSR count). The second-order valence-electron chi connectivity index (χ2n) is 9.89. The van der Waals surface area contributed by atoms with Crippen LogP contribution in [-0.4, -0.2) is 60.4 Å². The van der Waals surface area contributed by atoms with Gasteiger partial charge in [-0.2, -0.15) is 0 Å². The highest BCUT2D eigenvalue weighted by molar-refractivity contribution is 7.89. The number of amides is 1. The lowest BCUT2D eigenvalue weighted by Gasteiger charge is -2.27. The molecule has 0 bridgehead atoms. The molecule has 0 spiro atoms. The fourth-order valence-electron chi connectivity index (χ4n) is 4.94. The lowest BCUT2D eigenvalue weighted by molar-refractivity contribution is -0.151. The molecule has 1 aliphatic heterocycles. The van der Waals surface area contributed by atoms with Crippen LogP contribution >= 0.6 is 11.3 Å². The summed E-state index contributed by atoms with van der Waals surface area (Å²) in [7, 11) is -3.93. The minimum absolute atomic E-state index is 0.0386. The first kappa shape index (κ1) is 28.3. The Morgan fingerprint density at radius 3 is 2.42 bits per heavy atom. The fourth-order valence-corrected chi connectivity index (χ4v) is 7.43. The van der Waals surface area contributed by atoms with Crippen LogP contribution in [0.3, 0.4) is 0 Å². The van der Waals surface area contributed by atoms with Gasteiger partial charge >= 0.3 is 5.97 Å². The molecule has 1 aliphatic carbocycles. The molecular formula is C25H32N4O7S2. The number of carboxylic acids is 1. The maximum absolute atomic E-state index is 13.3. The van der Waals surface area contributed by atoms with E-state index >= 15 is 0 Å². The number of hydrogen-bond donors (Lipinski definition) is 3. The van der Waals surface area contributed by atoms with Gasteiger partial charge in [-0.1, -0.05) is 11.3 Å². The number of aliphatic carboxylic acids is 1. The zero-order valence-electron chi connectivity index (χ0n) is 21.4. The van der Waals surface area contributed by atoms with Crippen molar-refractivity contribution in [3.8, 4) is 10.4 Å². The number of anilines is 1. The monoisotopic (exact) mass is 564 g/mol. The zero-order valence-corrected chi connectivity index (χ0v) is 23.0. The van der Waals surface area contributed by atoms with E-state index in [1.54, 1.807) is 26.1 Å². The van der Waals surface area contributed by atoms with Crippen molar-refractivity contribution < 1.29 is 32.6 Å². The zero-order chi connectivity index (χ0) is 27.4. The van der Waals surface area contributed by atoms with Gasteiger partial charge in [0.05, 0.1) is 16.3 Å². The number of carbonyl (C=O) groups is 3. The first-order valence-electron chi connectivity index (χ1n) is 12.6. The molecular weight excluding hydrogens is 532 g/mol. The molecule has 206 valence electrons. The lowest BCUT2D eigenvalue weighted by Crippen LogP contribution is -2.39. The standard InChI is InChI=1S/C25H32N4O7S2/c1-14-20(38(34,35)29-19-5-3-17(4-6-19)22(31)24(32)33)12-18(13-26-14)23-15(2)27-25(37-23)28-21(30)11-16-7-9-36-10-8-16/h12-13,16-17,19,29H,3-11H2,1-2H3,(H,32,33)(H,27,28,30). The third-order valence-electron chi connectivity index (χ3n) is 7.08. The molecule has 0 aromatic carbocycles. The Labute approximate surface area is 225 Å². The number of thiazole rings is 1. The molecule has 1 amide bonds. The van der Waals surface area contributed by atoms with Gasteiger partial charge in [-0.05, 0) is 64.4 Å². The Kier molecular flexibility index (Phi) is 8.91. The summed E-state index contributed by atoms with van der Waals surface area (Å²) in [5.41, 5.74) is 1.56. The summed E-state index contributed by atoms with van der Waals surface area (Å²) in [5, 5.41) is 12.2. The molecule has 13 heteroatoms. The SMILES string of the molecule is Cc1ncc(-c2sc(NC(=O)CC3CCOCC3)nc2C)cc1S(=O)(=O)NC1CCC(C(=O)C(=O)O)CC1. The Balaban J connectivity index is 1.44. The summed E-state index contributed by atoms with van der Waals surface area (Å²) < 4.78 is 34.6. The number of nitrogens with zero attached hydrogens (tertiary/aromatic N) is 2. The average molecular weight is 565 g/mol.